The Bertz CT molecular complexity index is 516. The van der Waals surface area contributed by atoms with Crippen LogP contribution >= 0.6 is 0 Å². The van der Waals surface area contributed by atoms with Crippen molar-refractivity contribution in [3.8, 4) is 0 Å². The van der Waals surface area contributed by atoms with E-state index >= 15 is 0 Å². The summed E-state index contributed by atoms with van der Waals surface area (Å²) in [5.74, 6) is 0.659. The second-order valence-electron chi connectivity index (χ2n) is 6.38. The molecule has 122 valence electrons. The van der Waals surface area contributed by atoms with E-state index in [0.717, 1.165) is 32.1 Å². The van der Waals surface area contributed by atoms with E-state index < -0.39 is 11.0 Å². The van der Waals surface area contributed by atoms with Crippen LogP contribution in [0.15, 0.2) is 12.4 Å². The Kier molecular flexibility index (Phi) is 4.70. The van der Waals surface area contributed by atoms with Gasteiger partial charge in [-0.2, -0.15) is 0 Å². The number of aromatic nitrogens is 2. The Morgan fingerprint density at radius 2 is 2.14 bits per heavy atom. The monoisotopic (exact) mass is 309 g/mol. The van der Waals surface area contributed by atoms with Gasteiger partial charge in [-0.15, -0.1) is 0 Å². The van der Waals surface area contributed by atoms with E-state index in [2.05, 4.69) is 14.8 Å². The van der Waals surface area contributed by atoms with Gasteiger partial charge in [0.1, 0.15) is 12.4 Å². The summed E-state index contributed by atoms with van der Waals surface area (Å²) < 4.78 is 1.40. The Hall–Kier alpha value is -1.51. The summed E-state index contributed by atoms with van der Waals surface area (Å²) in [6.45, 7) is 4.91. The predicted octanol–water partition coefficient (Wildman–Crippen LogP) is 0.527. The molecule has 1 N–H and O–H groups in total. The van der Waals surface area contributed by atoms with Crippen molar-refractivity contribution in [2.24, 2.45) is 5.92 Å². The van der Waals surface area contributed by atoms with Crippen molar-refractivity contribution in [2.45, 2.75) is 31.9 Å². The molecule has 8 heteroatoms. The lowest BCUT2D eigenvalue weighted by Crippen LogP contribution is -2.48. The molecular weight excluding hydrogens is 286 g/mol. The number of nitro groups is 1. The zero-order valence-electron chi connectivity index (χ0n) is 12.7. The summed E-state index contributed by atoms with van der Waals surface area (Å²) in [6, 6.07) is 0. The molecule has 1 saturated heterocycles. The van der Waals surface area contributed by atoms with E-state index in [1.807, 2.05) is 0 Å². The average Bonchev–Trinajstić information content (AvgIpc) is 3.14. The van der Waals surface area contributed by atoms with Crippen LogP contribution in [-0.4, -0.2) is 68.3 Å². The summed E-state index contributed by atoms with van der Waals surface area (Å²) in [4.78, 5) is 18.7. The Morgan fingerprint density at radius 1 is 1.36 bits per heavy atom. The Balaban J connectivity index is 1.49. The zero-order valence-corrected chi connectivity index (χ0v) is 12.7. The van der Waals surface area contributed by atoms with Crippen molar-refractivity contribution < 1.29 is 10.0 Å². The van der Waals surface area contributed by atoms with Crippen LogP contribution in [0.25, 0.3) is 0 Å². The number of hydrogen-bond donors (Lipinski definition) is 1. The van der Waals surface area contributed by atoms with Crippen molar-refractivity contribution in [2.75, 3.05) is 32.8 Å². The normalized spacial score (nSPS) is 21.9. The maximum absolute atomic E-state index is 10.8. The molecule has 0 radical (unpaired) electrons. The SMILES string of the molecule is O=[N+]([O-])c1nccn1CC(O)CN1CCCN(CC2CC2)C1. The van der Waals surface area contributed by atoms with Crippen LogP contribution in [-0.2, 0) is 6.54 Å². The standard InChI is InChI=1S/C14H23N5O3/c20-13(10-18-7-4-15-14(18)19(21)22)9-17-6-1-5-16(11-17)8-12-2-3-12/h4,7,12-13,20H,1-3,5-6,8-11H2. The van der Waals surface area contributed by atoms with Gasteiger partial charge < -0.3 is 15.2 Å². The third-order valence-corrected chi connectivity index (χ3v) is 4.30. The zero-order chi connectivity index (χ0) is 15.5. The largest absolute Gasteiger partial charge is 0.434 e. The fourth-order valence-corrected chi connectivity index (χ4v) is 3.10. The fourth-order valence-electron chi connectivity index (χ4n) is 3.10. The fraction of sp³-hybridized carbons (Fsp3) is 0.786. The maximum Gasteiger partial charge on any atom is 0.434 e. The molecule has 22 heavy (non-hydrogen) atoms. The lowest BCUT2D eigenvalue weighted by Gasteiger charge is -2.36. The van der Waals surface area contributed by atoms with Gasteiger partial charge >= 0.3 is 5.95 Å². The topological polar surface area (TPSA) is 87.7 Å². The quantitative estimate of drug-likeness (QED) is 0.584. The van der Waals surface area contributed by atoms with E-state index in [1.165, 1.54) is 36.3 Å². The van der Waals surface area contributed by atoms with Gasteiger partial charge in [-0.1, -0.05) is 4.98 Å². The van der Waals surface area contributed by atoms with Crippen molar-refractivity contribution in [3.63, 3.8) is 0 Å². The molecular formula is C14H23N5O3. The van der Waals surface area contributed by atoms with Crippen LogP contribution in [0.4, 0.5) is 5.95 Å². The average molecular weight is 309 g/mol. The van der Waals surface area contributed by atoms with E-state index in [-0.39, 0.29) is 12.5 Å². The van der Waals surface area contributed by atoms with Crippen LogP contribution in [0, 0.1) is 16.0 Å². The summed E-state index contributed by atoms with van der Waals surface area (Å²) >= 11 is 0. The molecule has 0 amide bonds. The molecule has 0 aromatic carbocycles. The third-order valence-electron chi connectivity index (χ3n) is 4.30. The summed E-state index contributed by atoms with van der Waals surface area (Å²) in [5.41, 5.74) is 0. The number of aliphatic hydroxyl groups excluding tert-OH is 1. The van der Waals surface area contributed by atoms with Crippen LogP contribution in [0.2, 0.25) is 0 Å². The van der Waals surface area contributed by atoms with Gasteiger partial charge in [-0.3, -0.25) is 9.80 Å². The van der Waals surface area contributed by atoms with Crippen molar-refractivity contribution in [1.82, 2.24) is 19.4 Å². The maximum atomic E-state index is 10.8. The molecule has 1 aromatic heterocycles. The van der Waals surface area contributed by atoms with Crippen molar-refractivity contribution in [1.29, 1.82) is 0 Å². The first-order chi connectivity index (χ1) is 10.6. The molecule has 1 saturated carbocycles. The third kappa shape index (κ3) is 4.02. The molecule has 2 aliphatic rings. The summed E-state index contributed by atoms with van der Waals surface area (Å²) in [6.07, 6.45) is 6.12. The molecule has 2 fully saturated rings. The lowest BCUT2D eigenvalue weighted by atomic mass is 10.2. The van der Waals surface area contributed by atoms with Gasteiger partial charge in [-0.05, 0) is 30.1 Å². The minimum atomic E-state index is -0.631. The van der Waals surface area contributed by atoms with Crippen LogP contribution in [0.3, 0.4) is 0 Å². The van der Waals surface area contributed by atoms with Gasteiger partial charge in [0.2, 0.25) is 0 Å². The van der Waals surface area contributed by atoms with E-state index in [4.69, 9.17) is 0 Å². The number of rotatable bonds is 7. The van der Waals surface area contributed by atoms with Crippen LogP contribution in [0.1, 0.15) is 19.3 Å². The summed E-state index contributed by atoms with van der Waals surface area (Å²) in [7, 11) is 0. The molecule has 1 aromatic rings. The first-order valence-electron chi connectivity index (χ1n) is 7.90. The van der Waals surface area contributed by atoms with E-state index in [0.29, 0.717) is 6.54 Å². The first kappa shape index (κ1) is 15.4. The van der Waals surface area contributed by atoms with Gasteiger partial charge in [-0.25, -0.2) is 4.57 Å². The smallest absolute Gasteiger partial charge is 0.390 e. The number of β-amino-alcohol motifs (C(OH)–C–C–N with tert-alkyl or cyclic N) is 1. The van der Waals surface area contributed by atoms with Gasteiger partial charge in [0, 0.05) is 26.2 Å². The molecule has 3 rings (SSSR count). The van der Waals surface area contributed by atoms with E-state index in [1.54, 1.807) is 0 Å². The Morgan fingerprint density at radius 3 is 2.86 bits per heavy atom. The number of hydrogen-bond acceptors (Lipinski definition) is 6. The van der Waals surface area contributed by atoms with E-state index in [9.17, 15) is 15.2 Å². The minimum Gasteiger partial charge on any atom is -0.390 e. The first-order valence-corrected chi connectivity index (χ1v) is 7.90. The minimum absolute atomic E-state index is 0.204. The van der Waals surface area contributed by atoms with Crippen molar-refractivity contribution >= 4 is 5.95 Å². The highest BCUT2D eigenvalue weighted by Crippen LogP contribution is 2.30. The van der Waals surface area contributed by atoms with Crippen LogP contribution in [0.5, 0.6) is 0 Å². The Labute approximate surface area is 129 Å². The highest BCUT2D eigenvalue weighted by atomic mass is 16.6. The van der Waals surface area contributed by atoms with Gasteiger partial charge in [0.05, 0.1) is 19.3 Å². The second-order valence-corrected chi connectivity index (χ2v) is 6.38. The number of imidazole rings is 1. The molecule has 1 aliphatic carbocycles. The molecule has 0 bridgehead atoms. The molecule has 1 atom stereocenters. The molecule has 0 spiro atoms. The van der Waals surface area contributed by atoms with Crippen molar-refractivity contribution in [3.05, 3.63) is 22.5 Å². The molecule has 1 aliphatic heterocycles. The molecule has 8 nitrogen and oxygen atoms in total. The molecule has 2 heterocycles. The second kappa shape index (κ2) is 6.72. The highest BCUT2D eigenvalue weighted by molar-refractivity contribution is 5.06. The predicted molar refractivity (Wildman–Crippen MR) is 80.2 cm³/mol. The highest BCUT2D eigenvalue weighted by Gasteiger charge is 2.27. The molecule has 1 unspecified atom stereocenters. The van der Waals surface area contributed by atoms with Gasteiger partial charge in [0.15, 0.2) is 0 Å². The van der Waals surface area contributed by atoms with Gasteiger partial charge in [0.25, 0.3) is 0 Å². The summed E-state index contributed by atoms with van der Waals surface area (Å²) in [5, 5.41) is 21.1. The lowest BCUT2D eigenvalue weighted by molar-refractivity contribution is -0.397. The number of aliphatic hydroxyl groups is 1. The van der Waals surface area contributed by atoms with Crippen LogP contribution < -0.4 is 0 Å². The number of nitrogens with zero attached hydrogens (tertiary/aromatic N) is 5.